The van der Waals surface area contributed by atoms with Crippen LogP contribution in [0.5, 0.6) is 0 Å². The molecule has 1 aliphatic carbocycles. The van der Waals surface area contributed by atoms with Crippen molar-refractivity contribution in [3.05, 3.63) is 42.1 Å². The Morgan fingerprint density at radius 1 is 1.11 bits per heavy atom. The first-order chi connectivity index (χ1) is 13.1. The molecule has 2 aromatic rings. The van der Waals surface area contributed by atoms with Gasteiger partial charge in [0, 0.05) is 18.7 Å². The zero-order chi connectivity index (χ0) is 19.0. The van der Waals surface area contributed by atoms with Gasteiger partial charge in [0.05, 0.1) is 29.4 Å². The van der Waals surface area contributed by atoms with Crippen LogP contribution in [0.25, 0.3) is 11.3 Å². The summed E-state index contributed by atoms with van der Waals surface area (Å²) in [6.07, 6.45) is 6.20. The van der Waals surface area contributed by atoms with Gasteiger partial charge in [-0.25, -0.2) is 0 Å². The Labute approximate surface area is 158 Å². The summed E-state index contributed by atoms with van der Waals surface area (Å²) in [4.78, 5) is 26.4. The fourth-order valence-corrected chi connectivity index (χ4v) is 4.45. The standard InChI is InChI=1S/C21H25N3O3/c1-14-12-23(13-18(14)21(26)27)20(25)17-11-22-24(16-9-5-6-10-16)19(17)15-7-3-2-4-8-15/h2-4,7-8,11,14,16,18H,5-6,9-10,12-13H2,1H3,(H,26,27)/t14-,18-/m1/s1. The third-order valence-electron chi connectivity index (χ3n) is 5.96. The first-order valence-electron chi connectivity index (χ1n) is 9.71. The summed E-state index contributed by atoms with van der Waals surface area (Å²) in [5, 5.41) is 14.0. The lowest BCUT2D eigenvalue weighted by molar-refractivity contribution is -0.142. The summed E-state index contributed by atoms with van der Waals surface area (Å²) in [6.45, 7) is 2.63. The van der Waals surface area contributed by atoms with E-state index in [4.69, 9.17) is 0 Å². The van der Waals surface area contributed by atoms with Gasteiger partial charge in [-0.1, -0.05) is 50.1 Å². The van der Waals surface area contributed by atoms with Crippen LogP contribution in [0.1, 0.15) is 49.0 Å². The van der Waals surface area contributed by atoms with Gasteiger partial charge < -0.3 is 10.0 Å². The van der Waals surface area contributed by atoms with Gasteiger partial charge in [0.25, 0.3) is 5.91 Å². The molecule has 1 N–H and O–H groups in total. The largest absolute Gasteiger partial charge is 0.481 e. The van der Waals surface area contributed by atoms with Crippen molar-refractivity contribution in [3.8, 4) is 11.3 Å². The predicted octanol–water partition coefficient (Wildman–Crippen LogP) is 3.46. The zero-order valence-corrected chi connectivity index (χ0v) is 15.5. The maximum absolute atomic E-state index is 13.3. The molecule has 142 valence electrons. The molecule has 2 heterocycles. The maximum Gasteiger partial charge on any atom is 0.308 e. The molecule has 6 heteroatoms. The molecular weight excluding hydrogens is 342 g/mol. The molecule has 0 spiro atoms. The Hall–Kier alpha value is -2.63. The number of likely N-dealkylation sites (tertiary alicyclic amines) is 1. The molecule has 1 aromatic carbocycles. The van der Waals surface area contributed by atoms with Gasteiger partial charge in [-0.3, -0.25) is 14.3 Å². The second-order valence-electron chi connectivity index (χ2n) is 7.79. The Kier molecular flexibility index (Phi) is 4.72. The number of hydrogen-bond donors (Lipinski definition) is 1. The highest BCUT2D eigenvalue weighted by molar-refractivity contribution is 6.00. The second-order valence-corrected chi connectivity index (χ2v) is 7.79. The topological polar surface area (TPSA) is 75.4 Å². The Morgan fingerprint density at radius 3 is 2.44 bits per heavy atom. The quantitative estimate of drug-likeness (QED) is 0.898. The van der Waals surface area contributed by atoms with E-state index in [-0.39, 0.29) is 18.4 Å². The summed E-state index contributed by atoms with van der Waals surface area (Å²) in [5.41, 5.74) is 2.41. The minimum absolute atomic E-state index is 0.0449. The summed E-state index contributed by atoms with van der Waals surface area (Å²) in [7, 11) is 0. The maximum atomic E-state index is 13.3. The lowest BCUT2D eigenvalue weighted by atomic mass is 9.99. The van der Waals surface area contributed by atoms with Crippen LogP contribution in [-0.4, -0.2) is 44.8 Å². The molecule has 2 atom stereocenters. The molecule has 0 unspecified atom stereocenters. The Balaban J connectivity index is 1.70. The van der Waals surface area contributed by atoms with Crippen molar-refractivity contribution in [2.24, 2.45) is 11.8 Å². The summed E-state index contributed by atoms with van der Waals surface area (Å²) >= 11 is 0. The van der Waals surface area contributed by atoms with E-state index in [0.717, 1.165) is 24.1 Å². The third-order valence-corrected chi connectivity index (χ3v) is 5.96. The molecule has 0 radical (unpaired) electrons. The highest BCUT2D eigenvalue weighted by Gasteiger charge is 2.38. The van der Waals surface area contributed by atoms with Gasteiger partial charge in [0.15, 0.2) is 0 Å². The average molecular weight is 367 g/mol. The Bertz CT molecular complexity index is 840. The number of carboxylic acid groups (broad SMARTS) is 1. The van der Waals surface area contributed by atoms with Crippen LogP contribution in [-0.2, 0) is 4.79 Å². The molecule has 1 amide bonds. The fraction of sp³-hybridized carbons (Fsp3) is 0.476. The van der Waals surface area contributed by atoms with Crippen LogP contribution >= 0.6 is 0 Å². The number of rotatable bonds is 4. The van der Waals surface area contributed by atoms with Crippen LogP contribution in [0.3, 0.4) is 0 Å². The van der Waals surface area contributed by atoms with E-state index in [1.807, 2.05) is 41.9 Å². The number of carbonyl (C=O) groups excluding carboxylic acids is 1. The second kappa shape index (κ2) is 7.18. The van der Waals surface area contributed by atoms with Crippen LogP contribution < -0.4 is 0 Å². The smallest absolute Gasteiger partial charge is 0.308 e. The molecule has 6 nitrogen and oxygen atoms in total. The predicted molar refractivity (Wildman–Crippen MR) is 101 cm³/mol. The number of carboxylic acids is 1. The van der Waals surface area contributed by atoms with Crippen LogP contribution in [0.2, 0.25) is 0 Å². The number of aromatic nitrogens is 2. The van der Waals surface area contributed by atoms with E-state index >= 15 is 0 Å². The first kappa shape index (κ1) is 17.8. The highest BCUT2D eigenvalue weighted by atomic mass is 16.4. The van der Waals surface area contributed by atoms with Crippen molar-refractivity contribution in [3.63, 3.8) is 0 Å². The van der Waals surface area contributed by atoms with Crippen molar-refractivity contribution in [1.29, 1.82) is 0 Å². The SMILES string of the molecule is C[C@@H]1CN(C(=O)c2cnn(C3CCCC3)c2-c2ccccc2)C[C@H]1C(=O)O. The molecular formula is C21H25N3O3. The van der Waals surface area contributed by atoms with Crippen molar-refractivity contribution in [1.82, 2.24) is 14.7 Å². The van der Waals surface area contributed by atoms with E-state index < -0.39 is 11.9 Å². The van der Waals surface area contributed by atoms with Gasteiger partial charge in [-0.15, -0.1) is 0 Å². The lowest BCUT2D eigenvalue weighted by Gasteiger charge is -2.19. The van der Waals surface area contributed by atoms with Crippen LogP contribution in [0, 0.1) is 11.8 Å². The molecule has 27 heavy (non-hydrogen) atoms. The summed E-state index contributed by atoms with van der Waals surface area (Å²) in [5.74, 6) is -1.49. The van der Waals surface area contributed by atoms with Gasteiger partial charge >= 0.3 is 5.97 Å². The number of hydrogen-bond acceptors (Lipinski definition) is 3. The van der Waals surface area contributed by atoms with Gasteiger partial charge in [0.1, 0.15) is 0 Å². The summed E-state index contributed by atoms with van der Waals surface area (Å²) < 4.78 is 2.02. The monoisotopic (exact) mass is 367 g/mol. The lowest BCUT2D eigenvalue weighted by Crippen LogP contribution is -2.30. The third kappa shape index (κ3) is 3.24. The van der Waals surface area contributed by atoms with E-state index in [2.05, 4.69) is 5.10 Å². The van der Waals surface area contributed by atoms with Crippen molar-refractivity contribution < 1.29 is 14.7 Å². The average Bonchev–Trinajstić information content (AvgIpc) is 3.40. The van der Waals surface area contributed by atoms with Gasteiger partial charge in [-0.2, -0.15) is 5.10 Å². The number of carbonyl (C=O) groups is 2. The fourth-order valence-electron chi connectivity index (χ4n) is 4.45. The molecule has 1 saturated carbocycles. The van der Waals surface area contributed by atoms with Gasteiger partial charge in [0.2, 0.25) is 0 Å². The molecule has 2 fully saturated rings. The van der Waals surface area contributed by atoms with E-state index in [0.29, 0.717) is 18.2 Å². The zero-order valence-electron chi connectivity index (χ0n) is 15.5. The minimum atomic E-state index is -0.831. The van der Waals surface area contributed by atoms with E-state index in [9.17, 15) is 14.7 Å². The number of amides is 1. The van der Waals surface area contributed by atoms with Crippen molar-refractivity contribution in [2.75, 3.05) is 13.1 Å². The molecule has 1 aliphatic heterocycles. The minimum Gasteiger partial charge on any atom is -0.481 e. The number of benzene rings is 1. The molecule has 1 saturated heterocycles. The number of nitrogens with zero attached hydrogens (tertiary/aromatic N) is 3. The number of aliphatic carboxylic acids is 1. The normalized spacial score (nSPS) is 23.1. The van der Waals surface area contributed by atoms with E-state index in [1.54, 1.807) is 11.1 Å². The molecule has 2 aliphatic rings. The Morgan fingerprint density at radius 2 is 1.81 bits per heavy atom. The summed E-state index contributed by atoms with van der Waals surface area (Å²) in [6, 6.07) is 10.2. The molecule has 0 bridgehead atoms. The van der Waals surface area contributed by atoms with Crippen LogP contribution in [0.4, 0.5) is 0 Å². The molecule has 4 rings (SSSR count). The van der Waals surface area contributed by atoms with Crippen molar-refractivity contribution in [2.45, 2.75) is 38.6 Å². The van der Waals surface area contributed by atoms with Crippen LogP contribution in [0.15, 0.2) is 36.5 Å². The highest BCUT2D eigenvalue weighted by Crippen LogP contribution is 2.36. The molecule has 1 aromatic heterocycles. The van der Waals surface area contributed by atoms with Gasteiger partial charge in [-0.05, 0) is 18.8 Å². The first-order valence-corrected chi connectivity index (χ1v) is 9.71. The van der Waals surface area contributed by atoms with Crippen molar-refractivity contribution >= 4 is 11.9 Å². The van der Waals surface area contributed by atoms with E-state index in [1.165, 1.54) is 12.8 Å².